The molecule has 33 heavy (non-hydrogen) atoms. The van der Waals surface area contributed by atoms with E-state index in [-0.39, 0.29) is 17.9 Å². The number of hydrogen-bond donors (Lipinski definition) is 1. The third kappa shape index (κ3) is 4.65. The van der Waals surface area contributed by atoms with Crippen LogP contribution in [0.1, 0.15) is 45.2 Å². The maximum atomic E-state index is 12.9. The van der Waals surface area contributed by atoms with Gasteiger partial charge in [-0.15, -0.1) is 0 Å². The molecule has 8 heteroatoms. The largest absolute Gasteiger partial charge is 0.497 e. The lowest BCUT2D eigenvalue weighted by molar-refractivity contribution is -0.137. The summed E-state index contributed by atoms with van der Waals surface area (Å²) >= 11 is 0. The van der Waals surface area contributed by atoms with E-state index in [9.17, 15) is 18.0 Å². The molecule has 2 atom stereocenters. The summed E-state index contributed by atoms with van der Waals surface area (Å²) in [5.41, 5.74) is 3.12. The van der Waals surface area contributed by atoms with E-state index in [1.54, 1.807) is 36.1 Å². The standard InChI is InChI=1S/C25H24F3N3O2/c1-15-23(16(2)31(30-15)21-10-7-19(8-11-21)25(26,27)28)18-4-9-20(14-18)29-24(32)17-5-12-22(33-3)13-6-17/h4-13,18,20H,14H2,1-3H3,(H,29,32)/t18-,20-/m1/s1. The van der Waals surface area contributed by atoms with Crippen molar-refractivity contribution in [3.63, 3.8) is 0 Å². The van der Waals surface area contributed by atoms with Crippen molar-refractivity contribution in [1.82, 2.24) is 15.1 Å². The second-order valence-corrected chi connectivity index (χ2v) is 8.08. The van der Waals surface area contributed by atoms with Gasteiger partial charge in [0.2, 0.25) is 0 Å². The number of methoxy groups -OCH3 is 1. The van der Waals surface area contributed by atoms with Gasteiger partial charge in [0.25, 0.3) is 5.91 Å². The van der Waals surface area contributed by atoms with Crippen molar-refractivity contribution in [3.05, 3.63) is 88.8 Å². The molecule has 3 aromatic rings. The van der Waals surface area contributed by atoms with Crippen molar-refractivity contribution < 1.29 is 22.7 Å². The van der Waals surface area contributed by atoms with Gasteiger partial charge in [0.15, 0.2) is 0 Å². The van der Waals surface area contributed by atoms with Gasteiger partial charge in [0.05, 0.1) is 24.1 Å². The molecule has 1 N–H and O–H groups in total. The Morgan fingerprint density at radius 2 is 1.73 bits per heavy atom. The van der Waals surface area contributed by atoms with Crippen molar-refractivity contribution in [2.24, 2.45) is 0 Å². The molecule has 1 aliphatic carbocycles. The van der Waals surface area contributed by atoms with E-state index in [1.165, 1.54) is 12.1 Å². The minimum atomic E-state index is -4.38. The number of allylic oxidation sites excluding steroid dienone is 1. The SMILES string of the molecule is COc1ccc(C(=O)N[C@@H]2C=C[C@@H](c3c(C)nn(-c4ccc(C(F)(F)F)cc4)c3C)C2)cc1. The van der Waals surface area contributed by atoms with Crippen LogP contribution < -0.4 is 10.1 Å². The number of alkyl halides is 3. The molecule has 2 aromatic carbocycles. The Morgan fingerprint density at radius 1 is 1.06 bits per heavy atom. The van der Waals surface area contributed by atoms with Gasteiger partial charge in [-0.05, 0) is 68.8 Å². The second kappa shape index (κ2) is 8.77. The highest BCUT2D eigenvalue weighted by Crippen LogP contribution is 2.35. The number of nitrogens with one attached hydrogen (secondary N) is 1. The lowest BCUT2D eigenvalue weighted by Gasteiger charge is -2.15. The average Bonchev–Trinajstić information content (AvgIpc) is 3.36. The first-order valence-electron chi connectivity index (χ1n) is 10.5. The number of aromatic nitrogens is 2. The summed E-state index contributed by atoms with van der Waals surface area (Å²) in [5, 5.41) is 7.60. The molecule has 5 nitrogen and oxygen atoms in total. The van der Waals surface area contributed by atoms with Crippen molar-refractivity contribution in [2.75, 3.05) is 7.11 Å². The molecule has 1 aliphatic rings. The predicted molar refractivity (Wildman–Crippen MR) is 119 cm³/mol. The van der Waals surface area contributed by atoms with E-state index in [0.717, 1.165) is 29.1 Å². The van der Waals surface area contributed by atoms with E-state index >= 15 is 0 Å². The lowest BCUT2D eigenvalue weighted by atomic mass is 9.95. The number of rotatable bonds is 5. The first kappa shape index (κ1) is 22.6. The van der Waals surface area contributed by atoms with Crippen LogP contribution in [0.5, 0.6) is 5.75 Å². The number of aryl methyl sites for hydroxylation is 1. The van der Waals surface area contributed by atoms with E-state index < -0.39 is 11.7 Å². The molecule has 1 heterocycles. The highest BCUT2D eigenvalue weighted by molar-refractivity contribution is 5.94. The molecule has 0 unspecified atom stereocenters. The van der Waals surface area contributed by atoms with E-state index in [2.05, 4.69) is 10.4 Å². The van der Waals surface area contributed by atoms with Gasteiger partial charge in [0, 0.05) is 28.8 Å². The number of ether oxygens (including phenoxy) is 1. The van der Waals surface area contributed by atoms with Crippen LogP contribution in [0.3, 0.4) is 0 Å². The Bertz CT molecular complexity index is 1180. The maximum absolute atomic E-state index is 12.9. The zero-order chi connectivity index (χ0) is 23.8. The fourth-order valence-corrected chi connectivity index (χ4v) is 4.25. The molecule has 0 saturated carbocycles. The molecule has 4 rings (SSSR count). The summed E-state index contributed by atoms with van der Waals surface area (Å²) in [7, 11) is 1.57. The third-order valence-electron chi connectivity index (χ3n) is 5.91. The number of halogens is 3. The highest BCUT2D eigenvalue weighted by Gasteiger charge is 2.31. The molecule has 0 spiro atoms. The van der Waals surface area contributed by atoms with Gasteiger partial charge in [-0.25, -0.2) is 4.68 Å². The quantitative estimate of drug-likeness (QED) is 0.527. The van der Waals surface area contributed by atoms with Crippen LogP contribution in [0.15, 0.2) is 60.7 Å². The Hall–Kier alpha value is -3.55. The van der Waals surface area contributed by atoms with Gasteiger partial charge < -0.3 is 10.1 Å². The smallest absolute Gasteiger partial charge is 0.416 e. The Morgan fingerprint density at radius 3 is 2.33 bits per heavy atom. The van der Waals surface area contributed by atoms with Crippen LogP contribution in [0.2, 0.25) is 0 Å². The minimum absolute atomic E-state index is 0.0503. The molecule has 0 aliphatic heterocycles. The Kier molecular flexibility index (Phi) is 6.01. The number of amides is 1. The fourth-order valence-electron chi connectivity index (χ4n) is 4.25. The molecule has 0 saturated heterocycles. The van der Waals surface area contributed by atoms with Crippen LogP contribution >= 0.6 is 0 Å². The predicted octanol–water partition coefficient (Wildman–Crippen LogP) is 5.36. The Labute approximate surface area is 189 Å². The molecule has 0 bridgehead atoms. The second-order valence-electron chi connectivity index (χ2n) is 8.08. The summed E-state index contributed by atoms with van der Waals surface area (Å²) in [6.07, 6.45) is 0.328. The average molecular weight is 455 g/mol. The summed E-state index contributed by atoms with van der Waals surface area (Å²) in [5.74, 6) is 0.569. The highest BCUT2D eigenvalue weighted by atomic mass is 19.4. The normalized spacial score (nSPS) is 17.9. The van der Waals surface area contributed by atoms with Crippen LogP contribution in [0.25, 0.3) is 5.69 Å². The minimum Gasteiger partial charge on any atom is -0.497 e. The first-order chi connectivity index (χ1) is 15.7. The number of benzene rings is 2. The van der Waals surface area contributed by atoms with Crippen LogP contribution in [-0.4, -0.2) is 28.8 Å². The van der Waals surface area contributed by atoms with Gasteiger partial charge >= 0.3 is 6.18 Å². The zero-order valence-electron chi connectivity index (χ0n) is 18.5. The van der Waals surface area contributed by atoms with Crippen molar-refractivity contribution in [3.8, 4) is 11.4 Å². The summed E-state index contributed by atoms with van der Waals surface area (Å²) in [6, 6.07) is 11.8. The monoisotopic (exact) mass is 455 g/mol. The number of carbonyl (C=O) groups is 1. The van der Waals surface area contributed by atoms with E-state index in [1.807, 2.05) is 26.0 Å². The van der Waals surface area contributed by atoms with Gasteiger partial charge in [-0.1, -0.05) is 12.2 Å². The van der Waals surface area contributed by atoms with E-state index in [0.29, 0.717) is 23.4 Å². The fraction of sp³-hybridized carbons (Fsp3) is 0.280. The number of nitrogens with zero attached hydrogens (tertiary/aromatic N) is 2. The van der Waals surface area contributed by atoms with Gasteiger partial charge in [-0.3, -0.25) is 4.79 Å². The van der Waals surface area contributed by atoms with Crippen molar-refractivity contribution >= 4 is 5.91 Å². The summed E-state index contributed by atoms with van der Waals surface area (Å²) < 4.78 is 45.4. The molecule has 1 amide bonds. The third-order valence-corrected chi connectivity index (χ3v) is 5.91. The maximum Gasteiger partial charge on any atom is 0.416 e. The molecular weight excluding hydrogens is 431 g/mol. The molecule has 0 radical (unpaired) electrons. The van der Waals surface area contributed by atoms with Crippen LogP contribution in [0, 0.1) is 13.8 Å². The van der Waals surface area contributed by atoms with Crippen LogP contribution in [-0.2, 0) is 6.18 Å². The van der Waals surface area contributed by atoms with Gasteiger partial charge in [0.1, 0.15) is 5.75 Å². The molecule has 0 fully saturated rings. The van der Waals surface area contributed by atoms with Crippen molar-refractivity contribution in [1.29, 1.82) is 0 Å². The number of hydrogen-bond acceptors (Lipinski definition) is 3. The molecule has 172 valence electrons. The molecular formula is C25H24F3N3O2. The first-order valence-corrected chi connectivity index (χ1v) is 10.5. The van der Waals surface area contributed by atoms with Crippen LogP contribution in [0.4, 0.5) is 13.2 Å². The lowest BCUT2D eigenvalue weighted by Crippen LogP contribution is -2.32. The topological polar surface area (TPSA) is 56.1 Å². The van der Waals surface area contributed by atoms with Crippen molar-refractivity contribution in [2.45, 2.75) is 38.4 Å². The van der Waals surface area contributed by atoms with E-state index in [4.69, 9.17) is 4.74 Å². The summed E-state index contributed by atoms with van der Waals surface area (Å²) in [6.45, 7) is 3.80. The Balaban J connectivity index is 1.47. The van der Waals surface area contributed by atoms with Gasteiger partial charge in [-0.2, -0.15) is 18.3 Å². The molecule has 1 aromatic heterocycles. The number of carbonyl (C=O) groups excluding carboxylic acids is 1. The zero-order valence-corrected chi connectivity index (χ0v) is 18.5. The summed E-state index contributed by atoms with van der Waals surface area (Å²) in [4.78, 5) is 12.6.